The van der Waals surface area contributed by atoms with E-state index >= 15 is 0 Å². The Hall–Kier alpha value is -4.31. The summed E-state index contributed by atoms with van der Waals surface area (Å²) in [6.07, 6.45) is 7.12. The highest BCUT2D eigenvalue weighted by Gasteiger charge is 2.02. The summed E-state index contributed by atoms with van der Waals surface area (Å²) >= 11 is 0. The maximum atomic E-state index is 11.3. The van der Waals surface area contributed by atoms with Crippen molar-refractivity contribution in [2.75, 3.05) is 13.2 Å². The summed E-state index contributed by atoms with van der Waals surface area (Å²) in [5.74, 6) is 7.02. The van der Waals surface area contributed by atoms with Gasteiger partial charge in [-0.2, -0.15) is 10.2 Å². The number of hydrogen-bond donors (Lipinski definition) is 0. The average molecular weight is 483 g/mol. The predicted molar refractivity (Wildman–Crippen MR) is 140 cm³/mol. The van der Waals surface area contributed by atoms with E-state index in [1.54, 1.807) is 25.4 Å². The van der Waals surface area contributed by atoms with Crippen molar-refractivity contribution in [3.8, 4) is 17.6 Å². The van der Waals surface area contributed by atoms with Crippen molar-refractivity contribution >= 4 is 17.3 Å². The molecule has 7 nitrogen and oxygen atoms in total. The Morgan fingerprint density at radius 2 is 1.58 bits per heavy atom. The minimum Gasteiger partial charge on any atom is -0.494 e. The summed E-state index contributed by atoms with van der Waals surface area (Å²) in [5, 5.41) is 8.65. The number of rotatable bonds is 11. The zero-order chi connectivity index (χ0) is 25.6. The first-order valence-electron chi connectivity index (χ1n) is 11.9. The highest BCUT2D eigenvalue weighted by Crippen LogP contribution is 2.23. The van der Waals surface area contributed by atoms with Gasteiger partial charge in [-0.25, -0.2) is 14.8 Å². The van der Waals surface area contributed by atoms with Crippen LogP contribution < -0.4 is 4.74 Å². The van der Waals surface area contributed by atoms with E-state index in [0.29, 0.717) is 24.6 Å². The van der Waals surface area contributed by atoms with Crippen LogP contribution in [0.15, 0.2) is 83.3 Å². The molecule has 0 aliphatic heterocycles. The number of ether oxygens (including phenoxy) is 2. The molecule has 184 valence electrons. The van der Waals surface area contributed by atoms with Crippen LogP contribution in [-0.4, -0.2) is 29.2 Å². The molecule has 2 aromatic carbocycles. The zero-order valence-corrected chi connectivity index (χ0v) is 20.7. The molecule has 0 bridgehead atoms. The van der Waals surface area contributed by atoms with Crippen molar-refractivity contribution in [3.63, 3.8) is 0 Å². The number of unbranched alkanes of at least 4 members (excludes halogenated alkanes) is 3. The van der Waals surface area contributed by atoms with Gasteiger partial charge < -0.3 is 9.47 Å². The Morgan fingerprint density at radius 1 is 0.917 bits per heavy atom. The second kappa shape index (κ2) is 14.2. The molecule has 0 spiro atoms. The quantitative estimate of drug-likeness (QED) is 0.100. The number of aryl methyl sites for hydroxylation is 1. The first-order chi connectivity index (χ1) is 17.5. The molecule has 0 amide bonds. The van der Waals surface area contributed by atoms with E-state index in [1.807, 2.05) is 49.4 Å². The van der Waals surface area contributed by atoms with Gasteiger partial charge in [0.2, 0.25) is 5.82 Å². The lowest BCUT2D eigenvalue weighted by molar-refractivity contribution is -0.139. The number of aromatic nitrogens is 2. The largest absolute Gasteiger partial charge is 0.494 e. The van der Waals surface area contributed by atoms with E-state index < -0.39 is 0 Å². The molecule has 0 unspecified atom stereocenters. The van der Waals surface area contributed by atoms with Crippen molar-refractivity contribution in [1.82, 2.24) is 9.97 Å². The van der Waals surface area contributed by atoms with Gasteiger partial charge in [0.15, 0.2) is 0 Å². The molecule has 0 atom stereocenters. The molecule has 1 heterocycles. The summed E-state index contributed by atoms with van der Waals surface area (Å²) in [7, 11) is 0. The lowest BCUT2D eigenvalue weighted by atomic mass is 10.1. The van der Waals surface area contributed by atoms with E-state index in [9.17, 15) is 4.79 Å². The van der Waals surface area contributed by atoms with Crippen LogP contribution in [0.4, 0.5) is 11.4 Å². The summed E-state index contributed by atoms with van der Waals surface area (Å²) in [4.78, 5) is 19.5. The number of carbonyl (C=O) groups excluding carboxylic acids is 1. The van der Waals surface area contributed by atoms with Gasteiger partial charge in [-0.15, -0.1) is 0 Å². The SMILES string of the molecule is C=C(C)C(=O)OCCCCCCOc1ccc(N=Nc2ccc(C#Cc3ncccn3)c(C)c2)cc1. The molecular formula is C29H30N4O3. The van der Waals surface area contributed by atoms with Crippen molar-refractivity contribution in [3.05, 3.63) is 90.0 Å². The fourth-order valence-corrected chi connectivity index (χ4v) is 3.10. The van der Waals surface area contributed by atoms with Gasteiger partial charge in [-0.3, -0.25) is 0 Å². The van der Waals surface area contributed by atoms with Crippen molar-refractivity contribution in [2.24, 2.45) is 10.2 Å². The van der Waals surface area contributed by atoms with Crippen LogP contribution in [0.25, 0.3) is 0 Å². The van der Waals surface area contributed by atoms with Crippen LogP contribution in [0.3, 0.4) is 0 Å². The van der Waals surface area contributed by atoms with E-state index in [2.05, 4.69) is 38.6 Å². The molecule has 7 heteroatoms. The Morgan fingerprint density at radius 3 is 2.28 bits per heavy atom. The summed E-state index contributed by atoms with van der Waals surface area (Å²) in [6.45, 7) is 8.27. The van der Waals surface area contributed by atoms with E-state index in [1.165, 1.54) is 0 Å². The van der Waals surface area contributed by atoms with Gasteiger partial charge in [0, 0.05) is 23.5 Å². The fraction of sp³-hybridized carbons (Fsp3) is 0.276. The molecule has 0 aliphatic rings. The van der Waals surface area contributed by atoms with E-state index in [0.717, 1.165) is 53.9 Å². The van der Waals surface area contributed by atoms with Crippen LogP contribution >= 0.6 is 0 Å². The lowest BCUT2D eigenvalue weighted by Gasteiger charge is -2.07. The zero-order valence-electron chi connectivity index (χ0n) is 20.7. The predicted octanol–water partition coefficient (Wildman–Crippen LogP) is 6.66. The van der Waals surface area contributed by atoms with Crippen LogP contribution in [0.1, 0.15) is 49.6 Å². The molecule has 0 saturated carbocycles. The van der Waals surface area contributed by atoms with E-state index in [4.69, 9.17) is 9.47 Å². The highest BCUT2D eigenvalue weighted by atomic mass is 16.5. The third-order valence-corrected chi connectivity index (χ3v) is 5.09. The average Bonchev–Trinajstić information content (AvgIpc) is 2.89. The monoisotopic (exact) mass is 482 g/mol. The molecule has 0 fully saturated rings. The maximum Gasteiger partial charge on any atom is 0.333 e. The minimum absolute atomic E-state index is 0.324. The molecule has 0 aliphatic carbocycles. The fourth-order valence-electron chi connectivity index (χ4n) is 3.10. The van der Waals surface area contributed by atoms with E-state index in [-0.39, 0.29) is 5.97 Å². The second-order valence-corrected chi connectivity index (χ2v) is 8.19. The maximum absolute atomic E-state index is 11.3. The Balaban J connectivity index is 1.39. The molecular weight excluding hydrogens is 452 g/mol. The molecule has 0 N–H and O–H groups in total. The number of azo groups is 1. The number of esters is 1. The van der Waals surface area contributed by atoms with Gasteiger partial charge in [-0.05, 0) is 99.5 Å². The van der Waals surface area contributed by atoms with Gasteiger partial charge in [0.1, 0.15) is 5.75 Å². The van der Waals surface area contributed by atoms with Crippen LogP contribution in [-0.2, 0) is 9.53 Å². The Kier molecular flexibility index (Phi) is 10.4. The highest BCUT2D eigenvalue weighted by molar-refractivity contribution is 5.86. The van der Waals surface area contributed by atoms with Gasteiger partial charge in [0.05, 0.1) is 24.6 Å². The number of hydrogen-bond acceptors (Lipinski definition) is 7. The third-order valence-electron chi connectivity index (χ3n) is 5.09. The first-order valence-corrected chi connectivity index (χ1v) is 11.9. The van der Waals surface area contributed by atoms with Crippen molar-refractivity contribution < 1.29 is 14.3 Å². The molecule has 3 aromatic rings. The summed E-state index contributed by atoms with van der Waals surface area (Å²) in [6, 6.07) is 15.0. The minimum atomic E-state index is -0.324. The molecule has 0 saturated heterocycles. The van der Waals surface area contributed by atoms with Crippen LogP contribution in [0.5, 0.6) is 5.75 Å². The van der Waals surface area contributed by atoms with Gasteiger partial charge in [0.25, 0.3) is 0 Å². The lowest BCUT2D eigenvalue weighted by Crippen LogP contribution is -2.06. The molecule has 3 rings (SSSR count). The van der Waals surface area contributed by atoms with Crippen molar-refractivity contribution in [1.29, 1.82) is 0 Å². The normalized spacial score (nSPS) is 10.5. The standard InChI is InChI=1S/C29H30N4O3/c1-22(2)29(34)36-20-7-5-4-6-19-35-27-14-12-25(13-15-27)32-33-26-11-9-24(23(3)21-26)10-16-28-30-17-8-18-31-28/h8-9,11-15,17-18,21H,1,4-7,19-20H2,2-3H3. The number of nitrogens with zero attached hydrogens (tertiary/aromatic N) is 4. The molecule has 1 aromatic heterocycles. The van der Waals surface area contributed by atoms with Crippen LogP contribution in [0, 0.1) is 18.8 Å². The first kappa shape index (κ1) is 26.3. The number of carbonyl (C=O) groups is 1. The summed E-state index contributed by atoms with van der Waals surface area (Å²) in [5.41, 5.74) is 3.83. The third kappa shape index (κ3) is 9.15. The van der Waals surface area contributed by atoms with Crippen molar-refractivity contribution in [2.45, 2.75) is 39.5 Å². The van der Waals surface area contributed by atoms with Gasteiger partial charge in [-0.1, -0.05) is 12.5 Å². The van der Waals surface area contributed by atoms with Crippen LogP contribution in [0.2, 0.25) is 0 Å². The molecule has 0 radical (unpaired) electrons. The Labute approximate surface area is 212 Å². The second-order valence-electron chi connectivity index (χ2n) is 8.19. The Bertz CT molecular complexity index is 1240. The smallest absolute Gasteiger partial charge is 0.333 e. The molecule has 36 heavy (non-hydrogen) atoms. The van der Waals surface area contributed by atoms with Gasteiger partial charge >= 0.3 is 5.97 Å². The summed E-state index contributed by atoms with van der Waals surface area (Å²) < 4.78 is 10.9. The topological polar surface area (TPSA) is 86.0 Å². The number of benzene rings is 2.